The maximum absolute atomic E-state index is 12.0. The SMILES string of the molecule is O=S(=O)(NCC1CCOC1)c1ccc(CBr)cc1. The van der Waals surface area contributed by atoms with Gasteiger partial charge in [0, 0.05) is 18.5 Å². The first-order valence-electron chi connectivity index (χ1n) is 5.84. The van der Waals surface area contributed by atoms with Crippen molar-refractivity contribution in [3.63, 3.8) is 0 Å². The van der Waals surface area contributed by atoms with E-state index in [9.17, 15) is 8.42 Å². The van der Waals surface area contributed by atoms with Gasteiger partial charge in [-0.3, -0.25) is 0 Å². The van der Waals surface area contributed by atoms with E-state index in [2.05, 4.69) is 20.7 Å². The average Bonchev–Trinajstić information content (AvgIpc) is 2.90. The molecular formula is C12H16BrNO3S. The van der Waals surface area contributed by atoms with Crippen molar-refractivity contribution >= 4 is 26.0 Å². The first-order chi connectivity index (χ1) is 8.62. The lowest BCUT2D eigenvalue weighted by Gasteiger charge is -2.10. The Balaban J connectivity index is 2.00. The van der Waals surface area contributed by atoms with Crippen molar-refractivity contribution in [2.75, 3.05) is 19.8 Å². The van der Waals surface area contributed by atoms with Gasteiger partial charge in [-0.1, -0.05) is 28.1 Å². The Bertz CT molecular complexity index is 481. The summed E-state index contributed by atoms with van der Waals surface area (Å²) < 4.78 is 31.9. The summed E-state index contributed by atoms with van der Waals surface area (Å²) >= 11 is 3.33. The largest absolute Gasteiger partial charge is 0.381 e. The summed E-state index contributed by atoms with van der Waals surface area (Å²) in [6.45, 7) is 1.82. The number of hydrogen-bond donors (Lipinski definition) is 1. The van der Waals surface area contributed by atoms with Crippen molar-refractivity contribution in [3.05, 3.63) is 29.8 Å². The topological polar surface area (TPSA) is 55.4 Å². The van der Waals surface area contributed by atoms with E-state index in [-0.39, 0.29) is 0 Å². The molecule has 1 saturated heterocycles. The van der Waals surface area contributed by atoms with Crippen LogP contribution < -0.4 is 4.72 Å². The highest BCUT2D eigenvalue weighted by Crippen LogP contribution is 2.15. The molecule has 0 bridgehead atoms. The fourth-order valence-corrected chi connectivity index (χ4v) is 3.30. The molecule has 0 aromatic heterocycles. The quantitative estimate of drug-likeness (QED) is 0.837. The molecule has 1 atom stereocenters. The smallest absolute Gasteiger partial charge is 0.240 e. The number of rotatable bonds is 5. The zero-order valence-electron chi connectivity index (χ0n) is 9.93. The highest BCUT2D eigenvalue weighted by Gasteiger charge is 2.20. The van der Waals surface area contributed by atoms with Crippen LogP contribution in [0.1, 0.15) is 12.0 Å². The van der Waals surface area contributed by atoms with Crippen LogP contribution in [0.2, 0.25) is 0 Å². The van der Waals surface area contributed by atoms with Crippen molar-refractivity contribution in [2.24, 2.45) is 5.92 Å². The van der Waals surface area contributed by atoms with E-state index in [0.29, 0.717) is 24.0 Å². The number of hydrogen-bond acceptors (Lipinski definition) is 3. The number of benzene rings is 1. The van der Waals surface area contributed by atoms with Crippen LogP contribution in [0.15, 0.2) is 29.2 Å². The van der Waals surface area contributed by atoms with E-state index in [1.807, 2.05) is 12.1 Å². The molecule has 4 nitrogen and oxygen atoms in total. The molecule has 0 amide bonds. The van der Waals surface area contributed by atoms with Crippen molar-refractivity contribution in [3.8, 4) is 0 Å². The van der Waals surface area contributed by atoms with Crippen molar-refractivity contribution < 1.29 is 13.2 Å². The van der Waals surface area contributed by atoms with Gasteiger partial charge in [0.25, 0.3) is 0 Å². The number of alkyl halides is 1. The summed E-state index contributed by atoms with van der Waals surface area (Å²) in [5.41, 5.74) is 1.05. The maximum atomic E-state index is 12.0. The number of sulfonamides is 1. The summed E-state index contributed by atoms with van der Waals surface area (Å²) in [4.78, 5) is 0.311. The minimum atomic E-state index is -3.39. The summed E-state index contributed by atoms with van der Waals surface area (Å²) in [6.07, 6.45) is 0.922. The van der Waals surface area contributed by atoms with Crippen LogP contribution in [0.5, 0.6) is 0 Å². The molecule has 18 heavy (non-hydrogen) atoms. The molecule has 1 fully saturated rings. The fourth-order valence-electron chi connectivity index (χ4n) is 1.81. The van der Waals surface area contributed by atoms with Crippen LogP contribution in [0.3, 0.4) is 0 Å². The maximum Gasteiger partial charge on any atom is 0.240 e. The van der Waals surface area contributed by atoms with Gasteiger partial charge in [-0.25, -0.2) is 13.1 Å². The zero-order valence-corrected chi connectivity index (χ0v) is 12.3. The Morgan fingerprint density at radius 1 is 1.33 bits per heavy atom. The van der Waals surface area contributed by atoms with Crippen molar-refractivity contribution in [1.29, 1.82) is 0 Å². The predicted octanol–water partition coefficient (Wildman–Crippen LogP) is 1.90. The van der Waals surface area contributed by atoms with Crippen molar-refractivity contribution in [2.45, 2.75) is 16.6 Å². The highest BCUT2D eigenvalue weighted by atomic mass is 79.9. The van der Waals surface area contributed by atoms with E-state index in [4.69, 9.17) is 4.74 Å². The fraction of sp³-hybridized carbons (Fsp3) is 0.500. The van der Waals surface area contributed by atoms with E-state index < -0.39 is 10.0 Å². The Kier molecular flexibility index (Phi) is 4.77. The second-order valence-electron chi connectivity index (χ2n) is 4.36. The summed E-state index contributed by atoms with van der Waals surface area (Å²) in [5, 5.41) is 0.722. The highest BCUT2D eigenvalue weighted by molar-refractivity contribution is 9.08. The van der Waals surface area contributed by atoms with Gasteiger partial charge in [0.05, 0.1) is 11.5 Å². The molecule has 0 saturated carbocycles. The Labute approximate surface area is 116 Å². The molecule has 2 rings (SSSR count). The summed E-state index contributed by atoms with van der Waals surface area (Å²) in [6, 6.07) is 6.87. The monoisotopic (exact) mass is 333 g/mol. The van der Waals surface area contributed by atoms with Gasteiger partial charge in [0.2, 0.25) is 10.0 Å². The van der Waals surface area contributed by atoms with E-state index in [0.717, 1.165) is 23.9 Å². The second-order valence-corrected chi connectivity index (χ2v) is 6.69. The van der Waals surface area contributed by atoms with Gasteiger partial charge in [0.15, 0.2) is 0 Å². The third-order valence-corrected chi connectivity index (χ3v) is 5.06. The van der Waals surface area contributed by atoms with Crippen LogP contribution in [0.4, 0.5) is 0 Å². The molecule has 0 spiro atoms. The first kappa shape index (κ1) is 14.0. The lowest BCUT2D eigenvalue weighted by Crippen LogP contribution is -2.29. The molecule has 1 unspecified atom stereocenters. The second kappa shape index (κ2) is 6.14. The molecule has 100 valence electrons. The third-order valence-electron chi connectivity index (χ3n) is 2.97. The third kappa shape index (κ3) is 3.54. The molecule has 1 aliphatic heterocycles. The Morgan fingerprint density at radius 3 is 2.61 bits per heavy atom. The van der Waals surface area contributed by atoms with Gasteiger partial charge >= 0.3 is 0 Å². The molecule has 0 radical (unpaired) electrons. The number of halogens is 1. The molecule has 1 heterocycles. The van der Waals surface area contributed by atoms with Gasteiger partial charge in [0.1, 0.15) is 0 Å². The van der Waals surface area contributed by atoms with Crippen LogP contribution in [0.25, 0.3) is 0 Å². The van der Waals surface area contributed by atoms with Crippen LogP contribution in [-0.4, -0.2) is 28.2 Å². The minimum Gasteiger partial charge on any atom is -0.381 e. The molecule has 1 aromatic rings. The zero-order chi connectivity index (χ0) is 13.0. The molecule has 1 aromatic carbocycles. The molecule has 1 N–H and O–H groups in total. The Hall–Kier alpha value is -0.430. The normalized spacial score (nSPS) is 20.2. The van der Waals surface area contributed by atoms with Crippen LogP contribution in [-0.2, 0) is 20.1 Å². The van der Waals surface area contributed by atoms with E-state index >= 15 is 0 Å². The number of ether oxygens (including phenoxy) is 1. The lowest BCUT2D eigenvalue weighted by molar-refractivity contribution is 0.186. The molecular weight excluding hydrogens is 318 g/mol. The van der Waals surface area contributed by atoms with Gasteiger partial charge in [-0.2, -0.15) is 0 Å². The van der Waals surface area contributed by atoms with Crippen LogP contribution >= 0.6 is 15.9 Å². The first-order valence-corrected chi connectivity index (χ1v) is 8.44. The minimum absolute atomic E-state index is 0.293. The predicted molar refractivity (Wildman–Crippen MR) is 73.2 cm³/mol. The summed E-state index contributed by atoms with van der Waals surface area (Å²) in [5.74, 6) is 0.293. The van der Waals surface area contributed by atoms with Crippen LogP contribution in [0, 0.1) is 5.92 Å². The van der Waals surface area contributed by atoms with Gasteiger partial charge in [-0.15, -0.1) is 0 Å². The van der Waals surface area contributed by atoms with Gasteiger partial charge in [-0.05, 0) is 30.0 Å². The molecule has 0 aliphatic carbocycles. The average molecular weight is 334 g/mol. The number of nitrogens with one attached hydrogen (secondary N) is 1. The van der Waals surface area contributed by atoms with Crippen molar-refractivity contribution in [1.82, 2.24) is 4.72 Å². The Morgan fingerprint density at radius 2 is 2.06 bits per heavy atom. The van der Waals surface area contributed by atoms with E-state index in [1.54, 1.807) is 12.1 Å². The molecule has 1 aliphatic rings. The van der Waals surface area contributed by atoms with E-state index in [1.165, 1.54) is 0 Å². The summed E-state index contributed by atoms with van der Waals surface area (Å²) in [7, 11) is -3.39. The van der Waals surface area contributed by atoms with Gasteiger partial charge < -0.3 is 4.74 Å². The standard InChI is InChI=1S/C12H16BrNO3S/c13-7-10-1-3-12(4-2-10)18(15,16)14-8-11-5-6-17-9-11/h1-4,11,14H,5-9H2. The molecule has 6 heteroatoms. The lowest BCUT2D eigenvalue weighted by atomic mass is 10.1.